The van der Waals surface area contributed by atoms with Crippen LogP contribution in [-0.4, -0.2) is 12.0 Å². The summed E-state index contributed by atoms with van der Waals surface area (Å²) in [6.45, 7) is 2.07. The van der Waals surface area contributed by atoms with E-state index in [0.717, 1.165) is 18.5 Å². The van der Waals surface area contributed by atoms with E-state index < -0.39 is 0 Å². The number of rotatable bonds is 5. The van der Waals surface area contributed by atoms with E-state index in [0.29, 0.717) is 6.04 Å². The van der Waals surface area contributed by atoms with Crippen LogP contribution < -0.4 is 5.32 Å². The third kappa shape index (κ3) is 3.14. The first kappa shape index (κ1) is 12.3. The van der Waals surface area contributed by atoms with Gasteiger partial charge in [0.2, 0.25) is 0 Å². The van der Waals surface area contributed by atoms with Crippen molar-refractivity contribution in [1.29, 1.82) is 0 Å². The second-order valence-electron chi connectivity index (χ2n) is 4.19. The predicted molar refractivity (Wildman–Crippen MR) is 73.4 cm³/mol. The van der Waals surface area contributed by atoms with Crippen molar-refractivity contribution in [2.45, 2.75) is 25.8 Å². The van der Waals surface area contributed by atoms with Gasteiger partial charge in [0.15, 0.2) is 0 Å². The van der Waals surface area contributed by atoms with Crippen LogP contribution in [0.15, 0.2) is 35.2 Å². The van der Waals surface area contributed by atoms with Gasteiger partial charge in [0.05, 0.1) is 0 Å². The van der Waals surface area contributed by atoms with Crippen LogP contribution in [0.4, 0.5) is 0 Å². The van der Waals surface area contributed by atoms with Gasteiger partial charge in [-0.15, -0.1) is 0 Å². The van der Waals surface area contributed by atoms with Crippen LogP contribution in [0.1, 0.15) is 29.3 Å². The lowest BCUT2D eigenvalue weighted by Crippen LogP contribution is -2.18. The van der Waals surface area contributed by atoms with Gasteiger partial charge in [0.25, 0.3) is 0 Å². The van der Waals surface area contributed by atoms with E-state index in [9.17, 15) is 0 Å². The fraction of sp³-hybridized carbons (Fsp3) is 0.357. The van der Waals surface area contributed by atoms with Crippen molar-refractivity contribution in [3.63, 3.8) is 0 Å². The van der Waals surface area contributed by atoms with Crippen molar-refractivity contribution in [3.8, 4) is 0 Å². The molecule has 2 aromatic rings. The molecule has 0 spiro atoms. The zero-order valence-corrected chi connectivity index (χ0v) is 11.1. The van der Waals surface area contributed by atoms with E-state index in [1.807, 2.05) is 19.3 Å². The fourth-order valence-electron chi connectivity index (χ4n) is 2.07. The molecular formula is C14H18N2S. The number of aromatic nitrogens is 1. The Morgan fingerprint density at radius 2 is 2.29 bits per heavy atom. The Kier molecular flexibility index (Phi) is 4.29. The standard InChI is InChI=1S/C14H18N2S/c1-11-13(4-3-8-16-11)14(15-2)6-5-12-7-9-17-10-12/h3-4,7-10,14-15H,5-6H2,1-2H3. The SMILES string of the molecule is CNC(CCc1ccsc1)c1cccnc1C. The molecule has 0 bridgehead atoms. The molecule has 2 aromatic heterocycles. The largest absolute Gasteiger partial charge is 0.313 e. The van der Waals surface area contributed by atoms with Crippen LogP contribution in [0.2, 0.25) is 0 Å². The molecule has 90 valence electrons. The summed E-state index contributed by atoms with van der Waals surface area (Å²) >= 11 is 1.77. The molecule has 0 amide bonds. The van der Waals surface area contributed by atoms with Gasteiger partial charge in [0, 0.05) is 17.9 Å². The van der Waals surface area contributed by atoms with Gasteiger partial charge in [-0.05, 0) is 60.8 Å². The lowest BCUT2D eigenvalue weighted by Gasteiger charge is -2.17. The van der Waals surface area contributed by atoms with E-state index in [-0.39, 0.29) is 0 Å². The highest BCUT2D eigenvalue weighted by molar-refractivity contribution is 7.07. The summed E-state index contributed by atoms with van der Waals surface area (Å²) in [6.07, 6.45) is 4.08. The second kappa shape index (κ2) is 5.94. The molecule has 1 N–H and O–H groups in total. The molecule has 0 saturated carbocycles. The molecule has 0 saturated heterocycles. The summed E-state index contributed by atoms with van der Waals surface area (Å²) in [5.74, 6) is 0. The Morgan fingerprint density at radius 1 is 1.41 bits per heavy atom. The summed E-state index contributed by atoms with van der Waals surface area (Å²) in [5.41, 5.74) is 3.86. The van der Waals surface area contributed by atoms with E-state index in [1.54, 1.807) is 11.3 Å². The molecule has 2 rings (SSSR count). The topological polar surface area (TPSA) is 24.9 Å². The van der Waals surface area contributed by atoms with Gasteiger partial charge in [-0.1, -0.05) is 6.07 Å². The number of hydrogen-bond donors (Lipinski definition) is 1. The van der Waals surface area contributed by atoms with E-state index in [2.05, 4.69) is 40.1 Å². The third-order valence-electron chi connectivity index (χ3n) is 3.07. The molecule has 0 radical (unpaired) electrons. The summed E-state index contributed by atoms with van der Waals surface area (Å²) in [4.78, 5) is 4.36. The number of thiophene rings is 1. The normalized spacial score (nSPS) is 12.6. The smallest absolute Gasteiger partial charge is 0.0420 e. The molecule has 1 unspecified atom stereocenters. The van der Waals surface area contributed by atoms with Crippen LogP contribution in [0, 0.1) is 6.92 Å². The first-order valence-electron chi connectivity index (χ1n) is 5.91. The number of nitrogens with zero attached hydrogens (tertiary/aromatic N) is 1. The van der Waals surface area contributed by atoms with Crippen molar-refractivity contribution in [2.75, 3.05) is 7.05 Å². The Balaban J connectivity index is 2.04. The molecule has 1 atom stereocenters. The molecule has 3 heteroatoms. The van der Waals surface area contributed by atoms with Crippen molar-refractivity contribution >= 4 is 11.3 Å². The van der Waals surface area contributed by atoms with Crippen LogP contribution in [0.25, 0.3) is 0 Å². The molecular weight excluding hydrogens is 228 g/mol. The molecule has 17 heavy (non-hydrogen) atoms. The van der Waals surface area contributed by atoms with Gasteiger partial charge < -0.3 is 5.32 Å². The fourth-order valence-corrected chi connectivity index (χ4v) is 2.77. The minimum absolute atomic E-state index is 0.392. The molecule has 0 aromatic carbocycles. The molecule has 2 heterocycles. The second-order valence-corrected chi connectivity index (χ2v) is 4.97. The van der Waals surface area contributed by atoms with E-state index >= 15 is 0 Å². The number of nitrogens with one attached hydrogen (secondary N) is 1. The molecule has 0 aliphatic rings. The Bertz CT molecular complexity index is 451. The third-order valence-corrected chi connectivity index (χ3v) is 3.81. The van der Waals surface area contributed by atoms with E-state index in [1.165, 1.54) is 11.1 Å². The van der Waals surface area contributed by atoms with Crippen LogP contribution in [0.3, 0.4) is 0 Å². The van der Waals surface area contributed by atoms with Crippen LogP contribution in [-0.2, 0) is 6.42 Å². The van der Waals surface area contributed by atoms with Gasteiger partial charge in [-0.25, -0.2) is 0 Å². The first-order chi connectivity index (χ1) is 8.31. The maximum atomic E-state index is 4.36. The molecule has 0 aliphatic carbocycles. The van der Waals surface area contributed by atoms with Crippen molar-refractivity contribution in [2.24, 2.45) is 0 Å². The Hall–Kier alpha value is -1.19. The zero-order valence-electron chi connectivity index (χ0n) is 10.3. The highest BCUT2D eigenvalue weighted by Crippen LogP contribution is 2.21. The molecule has 2 nitrogen and oxygen atoms in total. The van der Waals surface area contributed by atoms with Crippen molar-refractivity contribution < 1.29 is 0 Å². The Morgan fingerprint density at radius 3 is 2.94 bits per heavy atom. The maximum Gasteiger partial charge on any atom is 0.0420 e. The predicted octanol–water partition coefficient (Wildman–Crippen LogP) is 3.34. The highest BCUT2D eigenvalue weighted by atomic mass is 32.1. The summed E-state index contributed by atoms with van der Waals surface area (Å²) in [6, 6.07) is 6.77. The lowest BCUT2D eigenvalue weighted by molar-refractivity contribution is 0.545. The Labute approximate surface area is 107 Å². The summed E-state index contributed by atoms with van der Waals surface area (Å²) < 4.78 is 0. The number of aryl methyl sites for hydroxylation is 2. The summed E-state index contributed by atoms with van der Waals surface area (Å²) in [5, 5.41) is 7.75. The molecule has 0 fully saturated rings. The van der Waals surface area contributed by atoms with Gasteiger partial charge in [0.1, 0.15) is 0 Å². The number of hydrogen-bond acceptors (Lipinski definition) is 3. The number of pyridine rings is 1. The molecule has 0 aliphatic heterocycles. The van der Waals surface area contributed by atoms with E-state index in [4.69, 9.17) is 0 Å². The average molecular weight is 246 g/mol. The maximum absolute atomic E-state index is 4.36. The van der Waals surface area contributed by atoms with Gasteiger partial charge in [-0.3, -0.25) is 4.98 Å². The summed E-state index contributed by atoms with van der Waals surface area (Å²) in [7, 11) is 2.02. The van der Waals surface area contributed by atoms with Crippen molar-refractivity contribution in [3.05, 3.63) is 52.0 Å². The zero-order chi connectivity index (χ0) is 12.1. The van der Waals surface area contributed by atoms with Gasteiger partial charge >= 0.3 is 0 Å². The van der Waals surface area contributed by atoms with Crippen LogP contribution >= 0.6 is 11.3 Å². The average Bonchev–Trinajstić information content (AvgIpc) is 2.85. The van der Waals surface area contributed by atoms with Crippen molar-refractivity contribution in [1.82, 2.24) is 10.3 Å². The monoisotopic (exact) mass is 246 g/mol. The minimum Gasteiger partial charge on any atom is -0.313 e. The van der Waals surface area contributed by atoms with Gasteiger partial charge in [-0.2, -0.15) is 11.3 Å². The van der Waals surface area contributed by atoms with Crippen LogP contribution in [0.5, 0.6) is 0 Å². The first-order valence-corrected chi connectivity index (χ1v) is 6.85. The highest BCUT2D eigenvalue weighted by Gasteiger charge is 2.11. The quantitative estimate of drug-likeness (QED) is 0.875. The minimum atomic E-state index is 0.392. The lowest BCUT2D eigenvalue weighted by atomic mass is 9.99.